The summed E-state index contributed by atoms with van der Waals surface area (Å²) in [4.78, 5) is 24.2. The van der Waals surface area contributed by atoms with Gasteiger partial charge in [-0.1, -0.05) is 0 Å². The van der Waals surface area contributed by atoms with E-state index in [1.807, 2.05) is 24.9 Å². The van der Waals surface area contributed by atoms with Crippen LogP contribution in [0, 0.1) is 6.92 Å². The highest BCUT2D eigenvalue weighted by molar-refractivity contribution is 5.94. The van der Waals surface area contributed by atoms with Gasteiger partial charge in [0.15, 0.2) is 11.5 Å². The molecule has 0 aromatic carbocycles. The zero-order valence-corrected chi connectivity index (χ0v) is 15.2. The molecule has 26 heavy (non-hydrogen) atoms. The van der Waals surface area contributed by atoms with Gasteiger partial charge in [0.1, 0.15) is 11.9 Å². The van der Waals surface area contributed by atoms with E-state index in [-0.39, 0.29) is 11.9 Å². The summed E-state index contributed by atoms with van der Waals surface area (Å²) in [6, 6.07) is 1.57. The van der Waals surface area contributed by atoms with Gasteiger partial charge in [0, 0.05) is 36.6 Å². The number of aromatic amines is 1. The van der Waals surface area contributed by atoms with Crippen molar-refractivity contribution in [2.24, 2.45) is 0 Å². The number of rotatable bonds is 3. The average Bonchev–Trinajstić information content (AvgIpc) is 3.11. The van der Waals surface area contributed by atoms with Crippen molar-refractivity contribution in [3.63, 3.8) is 0 Å². The van der Waals surface area contributed by atoms with E-state index in [2.05, 4.69) is 25.5 Å². The maximum atomic E-state index is 13.3. The molecule has 2 aromatic rings. The lowest BCUT2D eigenvalue weighted by Crippen LogP contribution is -2.44. The van der Waals surface area contributed by atoms with Crippen molar-refractivity contribution >= 4 is 11.7 Å². The number of fused-ring (bicyclic) bond motifs is 1. The molecule has 1 unspecified atom stereocenters. The van der Waals surface area contributed by atoms with Crippen molar-refractivity contribution in [3.05, 3.63) is 34.5 Å². The number of hydrogen-bond acceptors (Lipinski definition) is 6. The molecule has 138 valence electrons. The van der Waals surface area contributed by atoms with Crippen LogP contribution in [-0.4, -0.2) is 57.8 Å². The summed E-state index contributed by atoms with van der Waals surface area (Å²) in [6.45, 7) is 3.34. The second kappa shape index (κ2) is 7.03. The predicted octanol–water partition coefficient (Wildman–Crippen LogP) is 1.64. The fraction of sp³-hybridized carbons (Fsp3) is 0.556. The number of aromatic nitrogens is 4. The lowest BCUT2D eigenvalue weighted by Gasteiger charge is -2.34. The van der Waals surface area contributed by atoms with Gasteiger partial charge in [-0.3, -0.25) is 9.89 Å². The number of hydrogen-bond donors (Lipinski definition) is 2. The first-order valence-corrected chi connectivity index (χ1v) is 9.15. The molecule has 1 aliphatic carbocycles. The minimum absolute atomic E-state index is 0.0613. The van der Waals surface area contributed by atoms with E-state index in [1.165, 1.54) is 0 Å². The van der Waals surface area contributed by atoms with Crippen molar-refractivity contribution < 1.29 is 9.53 Å². The molecule has 1 saturated heterocycles. The summed E-state index contributed by atoms with van der Waals surface area (Å²) in [6.07, 6.45) is 4.13. The molecule has 2 aromatic heterocycles. The molecule has 1 aliphatic heterocycles. The zero-order chi connectivity index (χ0) is 18.1. The van der Waals surface area contributed by atoms with E-state index in [9.17, 15) is 4.79 Å². The van der Waals surface area contributed by atoms with Gasteiger partial charge in [-0.15, -0.1) is 0 Å². The second-order valence-corrected chi connectivity index (χ2v) is 6.83. The number of carbonyl (C=O) groups excluding carboxylic acids is 1. The lowest BCUT2D eigenvalue weighted by atomic mass is 9.95. The average molecular weight is 356 g/mol. The van der Waals surface area contributed by atoms with Crippen LogP contribution in [0.25, 0.3) is 0 Å². The molecule has 2 aliphatic rings. The standard InChI is InChI=1S/C18H24N6O2/c1-11-9-15(19-2)21-17(20-11)14-10-26-8-7-24(14)18(25)16-12-5-3-4-6-13(12)22-23-16/h9,14H,3-8,10H2,1-2H3,(H,22,23)(H,19,20,21). The van der Waals surface area contributed by atoms with Crippen LogP contribution < -0.4 is 5.32 Å². The first-order valence-electron chi connectivity index (χ1n) is 9.15. The van der Waals surface area contributed by atoms with E-state index in [4.69, 9.17) is 4.74 Å². The maximum Gasteiger partial charge on any atom is 0.275 e. The Kier molecular flexibility index (Phi) is 4.58. The third kappa shape index (κ3) is 3.05. The monoisotopic (exact) mass is 356 g/mol. The number of H-pyrrole nitrogens is 1. The van der Waals surface area contributed by atoms with Crippen LogP contribution in [0.3, 0.4) is 0 Å². The Morgan fingerprint density at radius 3 is 3.04 bits per heavy atom. The third-order valence-electron chi connectivity index (χ3n) is 5.07. The molecule has 0 spiro atoms. The first kappa shape index (κ1) is 17.0. The molecule has 1 fully saturated rings. The van der Waals surface area contributed by atoms with E-state index in [1.54, 1.807) is 0 Å². The molecule has 3 heterocycles. The van der Waals surface area contributed by atoms with Crippen molar-refractivity contribution in [1.29, 1.82) is 0 Å². The number of nitrogens with one attached hydrogen (secondary N) is 2. The summed E-state index contributed by atoms with van der Waals surface area (Å²) in [7, 11) is 1.82. The molecule has 2 N–H and O–H groups in total. The molecule has 0 radical (unpaired) electrons. The normalized spacial score (nSPS) is 19.9. The van der Waals surface area contributed by atoms with Crippen LogP contribution in [-0.2, 0) is 17.6 Å². The smallest absolute Gasteiger partial charge is 0.275 e. The van der Waals surface area contributed by atoms with Crippen LogP contribution in [0.15, 0.2) is 6.07 Å². The van der Waals surface area contributed by atoms with Gasteiger partial charge in [-0.05, 0) is 32.6 Å². The third-order valence-corrected chi connectivity index (χ3v) is 5.07. The first-order chi connectivity index (χ1) is 12.7. The fourth-order valence-corrected chi connectivity index (χ4v) is 3.72. The number of morpholine rings is 1. The van der Waals surface area contributed by atoms with Crippen molar-refractivity contribution in [1.82, 2.24) is 25.1 Å². The SMILES string of the molecule is CNc1cc(C)nc(C2COCCN2C(=O)c2n[nH]c3c2CCCC3)n1. The van der Waals surface area contributed by atoms with Gasteiger partial charge in [0.2, 0.25) is 0 Å². The summed E-state index contributed by atoms with van der Waals surface area (Å²) >= 11 is 0. The second-order valence-electron chi connectivity index (χ2n) is 6.83. The highest BCUT2D eigenvalue weighted by Crippen LogP contribution is 2.28. The number of ether oxygens (including phenoxy) is 1. The van der Waals surface area contributed by atoms with Crippen LogP contribution in [0.4, 0.5) is 5.82 Å². The summed E-state index contributed by atoms with van der Waals surface area (Å²) in [5.74, 6) is 1.28. The van der Waals surface area contributed by atoms with Crippen LogP contribution in [0.5, 0.6) is 0 Å². The predicted molar refractivity (Wildman–Crippen MR) is 96.1 cm³/mol. The molecule has 8 heteroatoms. The summed E-state index contributed by atoms with van der Waals surface area (Å²) < 4.78 is 5.64. The Balaban J connectivity index is 1.66. The molecule has 0 bridgehead atoms. The highest BCUT2D eigenvalue weighted by atomic mass is 16.5. The lowest BCUT2D eigenvalue weighted by molar-refractivity contribution is -0.00560. The minimum Gasteiger partial charge on any atom is -0.377 e. The summed E-state index contributed by atoms with van der Waals surface area (Å²) in [5.41, 5.74) is 3.59. The minimum atomic E-state index is -0.306. The Morgan fingerprint density at radius 2 is 2.19 bits per heavy atom. The molecule has 8 nitrogen and oxygen atoms in total. The maximum absolute atomic E-state index is 13.3. The quantitative estimate of drug-likeness (QED) is 0.868. The van der Waals surface area contributed by atoms with Gasteiger partial charge < -0.3 is 15.0 Å². The molecular weight excluding hydrogens is 332 g/mol. The molecular formula is C18H24N6O2. The Hall–Kier alpha value is -2.48. The number of anilines is 1. The van der Waals surface area contributed by atoms with Gasteiger partial charge in [0.05, 0.1) is 13.2 Å². The van der Waals surface area contributed by atoms with Crippen LogP contribution in [0.1, 0.15) is 52.1 Å². The summed E-state index contributed by atoms with van der Waals surface area (Å²) in [5, 5.41) is 10.4. The van der Waals surface area contributed by atoms with Gasteiger partial charge >= 0.3 is 0 Å². The van der Waals surface area contributed by atoms with E-state index >= 15 is 0 Å². The van der Waals surface area contributed by atoms with E-state index < -0.39 is 0 Å². The fourth-order valence-electron chi connectivity index (χ4n) is 3.72. The van der Waals surface area contributed by atoms with Crippen LogP contribution >= 0.6 is 0 Å². The van der Waals surface area contributed by atoms with Crippen LogP contribution in [0.2, 0.25) is 0 Å². The number of amides is 1. The van der Waals surface area contributed by atoms with Gasteiger partial charge in [0.25, 0.3) is 5.91 Å². The van der Waals surface area contributed by atoms with Crippen molar-refractivity contribution in [3.8, 4) is 0 Å². The molecule has 1 amide bonds. The van der Waals surface area contributed by atoms with Gasteiger partial charge in [-0.25, -0.2) is 9.97 Å². The Morgan fingerprint density at radius 1 is 1.35 bits per heavy atom. The van der Waals surface area contributed by atoms with E-state index in [0.29, 0.717) is 31.3 Å². The number of carbonyl (C=O) groups is 1. The Labute approximate surface area is 152 Å². The largest absolute Gasteiger partial charge is 0.377 e. The zero-order valence-electron chi connectivity index (χ0n) is 15.2. The highest BCUT2D eigenvalue weighted by Gasteiger charge is 2.34. The molecule has 0 saturated carbocycles. The molecule has 4 rings (SSSR count). The van der Waals surface area contributed by atoms with E-state index in [0.717, 1.165) is 48.5 Å². The molecule has 1 atom stereocenters. The topological polar surface area (TPSA) is 96.0 Å². The van der Waals surface area contributed by atoms with Gasteiger partial charge in [-0.2, -0.15) is 5.10 Å². The number of nitrogens with zero attached hydrogens (tertiary/aromatic N) is 4. The van der Waals surface area contributed by atoms with Crippen molar-refractivity contribution in [2.75, 3.05) is 32.1 Å². The Bertz CT molecular complexity index is 818. The number of aryl methyl sites for hydroxylation is 2. The van der Waals surface area contributed by atoms with Crippen molar-refractivity contribution in [2.45, 2.75) is 38.6 Å².